The molecule has 1 amide bonds. The first kappa shape index (κ1) is 15.9. The lowest BCUT2D eigenvalue weighted by Crippen LogP contribution is -2.41. The zero-order valence-corrected chi connectivity index (χ0v) is 13.2. The van der Waals surface area contributed by atoms with Crippen LogP contribution in [0.25, 0.3) is 0 Å². The van der Waals surface area contributed by atoms with Crippen molar-refractivity contribution in [3.63, 3.8) is 0 Å². The number of aryl methyl sites for hydroxylation is 1. The minimum atomic E-state index is 0.169. The van der Waals surface area contributed by atoms with Gasteiger partial charge in [0.1, 0.15) is 5.75 Å². The third-order valence-electron chi connectivity index (χ3n) is 4.36. The molecular formula is C18H27NO2. The summed E-state index contributed by atoms with van der Waals surface area (Å²) in [6, 6.07) is 8.36. The Hall–Kier alpha value is -1.51. The zero-order chi connectivity index (χ0) is 15.1. The fourth-order valence-corrected chi connectivity index (χ4v) is 2.94. The molecular weight excluding hydrogens is 262 g/mol. The second kappa shape index (κ2) is 8.06. The van der Waals surface area contributed by atoms with Gasteiger partial charge in [0.25, 0.3) is 0 Å². The molecule has 1 saturated carbocycles. The summed E-state index contributed by atoms with van der Waals surface area (Å²) in [5.41, 5.74) is 1.14. The Kier molecular flexibility index (Phi) is 6.09. The monoisotopic (exact) mass is 289 g/mol. The summed E-state index contributed by atoms with van der Waals surface area (Å²) >= 11 is 0. The zero-order valence-electron chi connectivity index (χ0n) is 13.2. The maximum Gasteiger partial charge on any atom is 0.220 e. The van der Waals surface area contributed by atoms with Gasteiger partial charge in [-0.05, 0) is 43.7 Å². The Morgan fingerprint density at radius 3 is 2.81 bits per heavy atom. The minimum absolute atomic E-state index is 0.169. The summed E-state index contributed by atoms with van der Waals surface area (Å²) < 4.78 is 5.72. The van der Waals surface area contributed by atoms with Crippen LogP contribution in [-0.4, -0.2) is 18.6 Å². The van der Waals surface area contributed by atoms with E-state index in [9.17, 15) is 4.79 Å². The van der Waals surface area contributed by atoms with E-state index in [0.717, 1.165) is 24.2 Å². The Bertz CT molecular complexity index is 458. The summed E-state index contributed by atoms with van der Waals surface area (Å²) in [7, 11) is 0. The Labute approximate surface area is 128 Å². The van der Waals surface area contributed by atoms with Gasteiger partial charge >= 0.3 is 0 Å². The molecule has 0 aliphatic heterocycles. The average molecular weight is 289 g/mol. The Morgan fingerprint density at radius 2 is 2.05 bits per heavy atom. The molecule has 0 saturated heterocycles. The Balaban J connectivity index is 1.64. The highest BCUT2D eigenvalue weighted by Crippen LogP contribution is 2.23. The normalized spacial score (nSPS) is 21.8. The van der Waals surface area contributed by atoms with E-state index in [1.165, 1.54) is 19.3 Å². The van der Waals surface area contributed by atoms with Crippen molar-refractivity contribution >= 4 is 5.91 Å². The number of amides is 1. The van der Waals surface area contributed by atoms with Crippen molar-refractivity contribution in [1.82, 2.24) is 5.32 Å². The molecule has 1 aromatic rings. The van der Waals surface area contributed by atoms with Gasteiger partial charge in [-0.15, -0.1) is 0 Å². The maximum absolute atomic E-state index is 12.0. The van der Waals surface area contributed by atoms with Crippen molar-refractivity contribution in [3.05, 3.63) is 29.8 Å². The smallest absolute Gasteiger partial charge is 0.220 e. The largest absolute Gasteiger partial charge is 0.493 e. The van der Waals surface area contributed by atoms with Crippen molar-refractivity contribution in [1.29, 1.82) is 0 Å². The van der Waals surface area contributed by atoms with Crippen LogP contribution in [-0.2, 0) is 4.79 Å². The first-order valence-electron chi connectivity index (χ1n) is 8.14. The second-order valence-corrected chi connectivity index (χ2v) is 6.15. The molecule has 1 N–H and O–H groups in total. The lowest BCUT2D eigenvalue weighted by atomic mass is 9.86. The summed E-state index contributed by atoms with van der Waals surface area (Å²) in [4.78, 5) is 12.0. The molecule has 0 aromatic heterocycles. The van der Waals surface area contributed by atoms with Gasteiger partial charge < -0.3 is 10.1 Å². The van der Waals surface area contributed by atoms with Gasteiger partial charge in [0, 0.05) is 12.5 Å². The molecule has 1 aromatic carbocycles. The molecule has 1 aliphatic rings. The number of nitrogens with one attached hydrogen (secondary N) is 1. The van der Waals surface area contributed by atoms with Gasteiger partial charge in [-0.3, -0.25) is 4.79 Å². The standard InChI is InChI=1S/C18H27NO2/c1-14-8-3-5-10-16(14)19-18(20)12-7-13-21-17-11-6-4-9-15(17)2/h4,6,9,11,14,16H,3,5,7-8,10,12-13H2,1-2H3,(H,19,20). The van der Waals surface area contributed by atoms with Crippen molar-refractivity contribution in [2.45, 2.75) is 58.4 Å². The van der Waals surface area contributed by atoms with Crippen molar-refractivity contribution < 1.29 is 9.53 Å². The van der Waals surface area contributed by atoms with Gasteiger partial charge in [0.15, 0.2) is 0 Å². The van der Waals surface area contributed by atoms with Gasteiger partial charge in [-0.2, -0.15) is 0 Å². The van der Waals surface area contributed by atoms with Gasteiger partial charge in [-0.1, -0.05) is 38.0 Å². The summed E-state index contributed by atoms with van der Waals surface area (Å²) in [6.45, 7) is 4.87. The molecule has 1 fully saturated rings. The summed E-state index contributed by atoms with van der Waals surface area (Å²) in [5.74, 6) is 1.70. The molecule has 2 rings (SSSR count). The second-order valence-electron chi connectivity index (χ2n) is 6.15. The van der Waals surface area contributed by atoms with E-state index in [-0.39, 0.29) is 5.91 Å². The molecule has 1 aliphatic carbocycles. The van der Waals surface area contributed by atoms with Crippen molar-refractivity contribution in [3.8, 4) is 5.75 Å². The third-order valence-corrected chi connectivity index (χ3v) is 4.36. The molecule has 116 valence electrons. The molecule has 2 unspecified atom stereocenters. The third kappa shape index (κ3) is 5.07. The van der Waals surface area contributed by atoms with Crippen molar-refractivity contribution in [2.75, 3.05) is 6.61 Å². The van der Waals surface area contributed by atoms with Crippen LogP contribution < -0.4 is 10.1 Å². The number of rotatable bonds is 6. The van der Waals surface area contributed by atoms with Crippen LogP contribution in [0.5, 0.6) is 5.75 Å². The molecule has 21 heavy (non-hydrogen) atoms. The van der Waals surface area contributed by atoms with E-state index in [4.69, 9.17) is 4.74 Å². The Morgan fingerprint density at radius 1 is 1.29 bits per heavy atom. The quantitative estimate of drug-likeness (QED) is 0.808. The number of carbonyl (C=O) groups excluding carboxylic acids is 1. The lowest BCUT2D eigenvalue weighted by Gasteiger charge is -2.29. The van der Waals surface area contributed by atoms with Gasteiger partial charge in [0.2, 0.25) is 5.91 Å². The minimum Gasteiger partial charge on any atom is -0.493 e. The van der Waals surface area contributed by atoms with Crippen LogP contribution in [0.15, 0.2) is 24.3 Å². The van der Waals surface area contributed by atoms with Gasteiger partial charge in [-0.25, -0.2) is 0 Å². The van der Waals surface area contributed by atoms with Crippen LogP contribution in [0, 0.1) is 12.8 Å². The average Bonchev–Trinajstić information content (AvgIpc) is 2.48. The van der Waals surface area contributed by atoms with E-state index < -0.39 is 0 Å². The van der Waals surface area contributed by atoms with Crippen molar-refractivity contribution in [2.24, 2.45) is 5.92 Å². The van der Waals surface area contributed by atoms with Crippen LogP contribution in [0.3, 0.4) is 0 Å². The van der Waals surface area contributed by atoms with Crippen LogP contribution in [0.4, 0.5) is 0 Å². The SMILES string of the molecule is Cc1ccccc1OCCCC(=O)NC1CCCCC1C. The first-order valence-corrected chi connectivity index (χ1v) is 8.14. The van der Waals surface area contributed by atoms with Crippen LogP contribution >= 0.6 is 0 Å². The van der Waals surface area contributed by atoms with E-state index in [1.807, 2.05) is 31.2 Å². The lowest BCUT2D eigenvalue weighted by molar-refractivity contribution is -0.122. The van der Waals surface area contributed by atoms with E-state index >= 15 is 0 Å². The van der Waals surface area contributed by atoms with Crippen LogP contribution in [0.1, 0.15) is 51.0 Å². The predicted molar refractivity (Wildman–Crippen MR) is 85.5 cm³/mol. The first-order chi connectivity index (χ1) is 10.2. The summed E-state index contributed by atoms with van der Waals surface area (Å²) in [5, 5.41) is 3.18. The topological polar surface area (TPSA) is 38.3 Å². The highest BCUT2D eigenvalue weighted by Gasteiger charge is 2.22. The molecule has 0 bridgehead atoms. The number of hydrogen-bond acceptors (Lipinski definition) is 2. The molecule has 2 atom stereocenters. The van der Waals surface area contributed by atoms with Crippen LogP contribution in [0.2, 0.25) is 0 Å². The molecule has 0 heterocycles. The maximum atomic E-state index is 12.0. The molecule has 3 nitrogen and oxygen atoms in total. The number of hydrogen-bond donors (Lipinski definition) is 1. The van der Waals surface area contributed by atoms with E-state index in [2.05, 4.69) is 12.2 Å². The highest BCUT2D eigenvalue weighted by molar-refractivity contribution is 5.76. The number of benzene rings is 1. The predicted octanol–water partition coefficient (Wildman–Crippen LogP) is 3.85. The molecule has 0 radical (unpaired) electrons. The molecule has 3 heteroatoms. The van der Waals surface area contributed by atoms with Gasteiger partial charge in [0.05, 0.1) is 6.61 Å². The molecule has 0 spiro atoms. The fourth-order valence-electron chi connectivity index (χ4n) is 2.94. The number of para-hydroxylation sites is 1. The summed E-state index contributed by atoms with van der Waals surface area (Å²) in [6.07, 6.45) is 6.23. The highest BCUT2D eigenvalue weighted by atomic mass is 16.5. The van der Waals surface area contributed by atoms with E-state index in [0.29, 0.717) is 25.0 Å². The number of ether oxygens (including phenoxy) is 1. The fraction of sp³-hybridized carbons (Fsp3) is 0.611. The number of carbonyl (C=O) groups is 1. The van der Waals surface area contributed by atoms with E-state index in [1.54, 1.807) is 0 Å².